The van der Waals surface area contributed by atoms with Gasteiger partial charge in [-0.15, -0.1) is 0 Å². The monoisotopic (exact) mass is 383 g/mol. The van der Waals surface area contributed by atoms with Crippen LogP contribution in [0.3, 0.4) is 0 Å². The van der Waals surface area contributed by atoms with Gasteiger partial charge in [0.25, 0.3) is 5.56 Å². The van der Waals surface area contributed by atoms with Crippen LogP contribution < -0.4 is 16.7 Å². The van der Waals surface area contributed by atoms with Crippen molar-refractivity contribution in [2.45, 2.75) is 5.92 Å². The Kier molecular flexibility index (Phi) is 3.65. The molecule has 0 saturated carbocycles. The van der Waals surface area contributed by atoms with Gasteiger partial charge in [-0.25, -0.2) is 9.79 Å². The number of rotatable bonds is 1. The number of ketones is 1. The summed E-state index contributed by atoms with van der Waals surface area (Å²) >= 11 is 0. The van der Waals surface area contributed by atoms with Gasteiger partial charge in [-0.2, -0.15) is 0 Å². The fourth-order valence-electron chi connectivity index (χ4n) is 4.59. The lowest BCUT2D eigenvalue weighted by atomic mass is 9.75. The molecule has 1 aliphatic heterocycles. The molecule has 3 aromatic rings. The van der Waals surface area contributed by atoms with Crippen molar-refractivity contribution in [2.75, 3.05) is 0 Å². The quantitative estimate of drug-likeness (QED) is 0.572. The average Bonchev–Trinajstić information content (AvgIpc) is 3.01. The molecule has 0 amide bonds. The Morgan fingerprint density at radius 3 is 2.34 bits per heavy atom. The molecule has 0 radical (unpaired) electrons. The van der Waals surface area contributed by atoms with E-state index in [4.69, 9.17) is 4.99 Å². The Labute approximate surface area is 167 Å². The van der Waals surface area contributed by atoms with Gasteiger partial charge in [0.15, 0.2) is 5.78 Å². The predicted octanol–water partition coefficient (Wildman–Crippen LogP) is 0.421. The van der Waals surface area contributed by atoms with Crippen LogP contribution in [0.15, 0.2) is 63.1 Å². The van der Waals surface area contributed by atoms with Crippen LogP contribution in [0.2, 0.25) is 0 Å². The minimum absolute atomic E-state index is 0.0348. The number of Topliss-reactive ketones (excluding diaryl/α,β-unsaturated/α-hetero) is 1. The number of nitrogens with zero attached hydrogens (tertiary/aromatic N) is 3. The summed E-state index contributed by atoms with van der Waals surface area (Å²) in [7, 11) is 5.05. The van der Waals surface area contributed by atoms with Crippen molar-refractivity contribution in [1.82, 2.24) is 9.13 Å². The van der Waals surface area contributed by atoms with Gasteiger partial charge in [0.05, 0.1) is 17.2 Å². The minimum Gasteiger partial charge on any atom is -0.293 e. The number of carbonyl (C=O) groups excluding carboxylic acids is 1. The van der Waals surface area contributed by atoms with Crippen molar-refractivity contribution in [3.05, 3.63) is 91.6 Å². The van der Waals surface area contributed by atoms with E-state index in [0.717, 1.165) is 21.2 Å². The van der Waals surface area contributed by atoms with Crippen LogP contribution in [0.25, 0.3) is 0 Å². The lowest BCUT2D eigenvalue weighted by Crippen LogP contribution is -2.43. The Hall–Kier alpha value is -3.48. The highest BCUT2D eigenvalue weighted by atomic mass is 16.2. The highest BCUT2D eigenvalue weighted by Crippen LogP contribution is 2.46. The molecule has 2 atom stereocenters. The van der Waals surface area contributed by atoms with E-state index in [1.165, 1.54) is 11.6 Å². The lowest BCUT2D eigenvalue weighted by Gasteiger charge is -2.30. The first kappa shape index (κ1) is 17.6. The number of aliphatic imine (C=N–C) groups is 1. The Morgan fingerprint density at radius 2 is 1.62 bits per heavy atom. The van der Waals surface area contributed by atoms with Crippen molar-refractivity contribution in [3.63, 3.8) is 0 Å². The molecule has 0 saturated heterocycles. The normalized spacial score (nSPS) is 19.4. The largest absolute Gasteiger partial charge is 0.332 e. The molecule has 2 aliphatic rings. The van der Waals surface area contributed by atoms with Crippen molar-refractivity contribution in [1.29, 1.82) is 0 Å². The van der Waals surface area contributed by atoms with Crippen molar-refractivity contribution < 1.29 is 4.79 Å². The SMILES string of the molecule is Bc1cccc(C2c3c(n(C)c(=O)n(C)c3=O)N=C3c4ccccc4C(=O)C32)c1. The molecule has 5 rings (SSSR count). The third kappa shape index (κ3) is 2.30. The number of carbonyl (C=O) groups is 1. The number of fused-ring (bicyclic) bond motifs is 4. The van der Waals surface area contributed by atoms with Gasteiger partial charge in [0.1, 0.15) is 13.7 Å². The number of hydrogen-bond donors (Lipinski definition) is 0. The first-order valence-electron chi connectivity index (χ1n) is 9.49. The van der Waals surface area contributed by atoms with Gasteiger partial charge in [-0.3, -0.25) is 18.7 Å². The molecule has 2 heterocycles. The van der Waals surface area contributed by atoms with Crippen LogP contribution in [-0.4, -0.2) is 28.5 Å². The van der Waals surface area contributed by atoms with Gasteiger partial charge >= 0.3 is 5.69 Å². The maximum absolute atomic E-state index is 13.4. The average molecular weight is 383 g/mol. The molecule has 142 valence electrons. The highest BCUT2D eigenvalue weighted by molar-refractivity contribution is 6.32. The predicted molar refractivity (Wildman–Crippen MR) is 114 cm³/mol. The number of aromatic nitrogens is 2. The van der Waals surface area contributed by atoms with Crippen molar-refractivity contribution in [3.8, 4) is 0 Å². The van der Waals surface area contributed by atoms with Crippen LogP contribution >= 0.6 is 0 Å². The van der Waals surface area contributed by atoms with E-state index in [9.17, 15) is 14.4 Å². The molecule has 7 heteroatoms. The Bertz CT molecular complexity index is 1370. The summed E-state index contributed by atoms with van der Waals surface area (Å²) in [6.07, 6.45) is 0. The molecule has 0 fully saturated rings. The van der Waals surface area contributed by atoms with Crippen molar-refractivity contribution in [2.24, 2.45) is 25.0 Å². The van der Waals surface area contributed by atoms with E-state index in [2.05, 4.69) is 0 Å². The van der Waals surface area contributed by atoms with E-state index in [1.54, 1.807) is 13.1 Å². The fourth-order valence-corrected chi connectivity index (χ4v) is 4.59. The molecular formula is C22H18BN3O3. The first-order chi connectivity index (χ1) is 13.9. The van der Waals surface area contributed by atoms with Crippen LogP contribution in [0, 0.1) is 5.92 Å². The van der Waals surface area contributed by atoms with Crippen LogP contribution in [0.1, 0.15) is 33.0 Å². The molecule has 1 aromatic heterocycles. The van der Waals surface area contributed by atoms with Gasteiger partial charge in [0, 0.05) is 31.1 Å². The topological polar surface area (TPSA) is 73.4 Å². The second kappa shape index (κ2) is 6.01. The zero-order valence-corrected chi connectivity index (χ0v) is 16.3. The summed E-state index contributed by atoms with van der Waals surface area (Å²) in [6.45, 7) is 0. The second-order valence-electron chi connectivity index (χ2n) is 7.72. The smallest absolute Gasteiger partial charge is 0.293 e. The molecule has 6 nitrogen and oxygen atoms in total. The fraction of sp³-hybridized carbons (Fsp3) is 0.182. The third-order valence-corrected chi connectivity index (χ3v) is 5.98. The summed E-state index contributed by atoms with van der Waals surface area (Å²) in [5.41, 5.74) is 3.50. The van der Waals surface area contributed by atoms with Gasteiger partial charge in [-0.1, -0.05) is 54.0 Å². The van der Waals surface area contributed by atoms with Crippen LogP contribution in [0.4, 0.5) is 5.82 Å². The zero-order valence-electron chi connectivity index (χ0n) is 16.3. The molecule has 2 aromatic carbocycles. The highest BCUT2D eigenvalue weighted by Gasteiger charge is 2.47. The molecular weight excluding hydrogens is 365 g/mol. The Morgan fingerprint density at radius 1 is 0.897 bits per heavy atom. The van der Waals surface area contributed by atoms with Gasteiger partial charge in [-0.05, 0) is 5.56 Å². The van der Waals surface area contributed by atoms with Crippen LogP contribution in [-0.2, 0) is 14.1 Å². The summed E-state index contributed by atoms with van der Waals surface area (Å²) in [5, 5.41) is 0. The Balaban J connectivity index is 1.92. The zero-order chi connectivity index (χ0) is 20.4. The number of hydrogen-bond acceptors (Lipinski definition) is 4. The maximum Gasteiger partial charge on any atom is 0.332 e. The summed E-state index contributed by atoms with van der Waals surface area (Å²) < 4.78 is 2.49. The molecule has 0 bridgehead atoms. The standard InChI is InChI=1S/C22H18BN3O3/c1-25-20-17(21(28)26(2)22(25)29)15(11-6-5-7-12(23)10-11)16-18(24-20)13-8-3-4-9-14(13)19(16)27/h3-10,15-16H,23H2,1-2H3. The number of benzene rings is 2. The van der Waals surface area contributed by atoms with Gasteiger partial charge in [0.2, 0.25) is 0 Å². The molecule has 2 unspecified atom stereocenters. The molecule has 1 aliphatic carbocycles. The first-order valence-corrected chi connectivity index (χ1v) is 9.49. The van der Waals surface area contributed by atoms with Gasteiger partial charge < -0.3 is 0 Å². The van der Waals surface area contributed by atoms with E-state index < -0.39 is 23.1 Å². The molecule has 29 heavy (non-hydrogen) atoms. The van der Waals surface area contributed by atoms with E-state index in [0.29, 0.717) is 22.7 Å². The van der Waals surface area contributed by atoms with Crippen molar-refractivity contribution >= 4 is 30.6 Å². The second-order valence-corrected chi connectivity index (χ2v) is 7.72. The summed E-state index contributed by atoms with van der Waals surface area (Å²) in [6, 6.07) is 15.2. The minimum atomic E-state index is -0.577. The summed E-state index contributed by atoms with van der Waals surface area (Å²) in [5.74, 6) is -0.775. The molecule has 0 spiro atoms. The van der Waals surface area contributed by atoms with Crippen LogP contribution in [0.5, 0.6) is 0 Å². The maximum atomic E-state index is 13.4. The van der Waals surface area contributed by atoms with E-state index >= 15 is 0 Å². The summed E-state index contributed by atoms with van der Waals surface area (Å²) in [4.78, 5) is 43.8. The molecule has 0 N–H and O–H groups in total. The van der Waals surface area contributed by atoms with E-state index in [1.807, 2.05) is 50.3 Å². The van der Waals surface area contributed by atoms with E-state index in [-0.39, 0.29) is 5.78 Å². The third-order valence-electron chi connectivity index (χ3n) is 5.98. The lowest BCUT2D eigenvalue weighted by molar-refractivity contribution is 0.0953.